The highest BCUT2D eigenvalue weighted by atomic mass is 32.2. The lowest BCUT2D eigenvalue weighted by molar-refractivity contribution is 0.102. The number of carbonyl (C=O) groups is 1. The van der Waals surface area contributed by atoms with Crippen molar-refractivity contribution in [3.63, 3.8) is 0 Å². The zero-order chi connectivity index (χ0) is 34.4. The predicted octanol–water partition coefficient (Wildman–Crippen LogP) is 9.87. The number of nitrogen functional groups attached to an aromatic ring is 1. The van der Waals surface area contributed by atoms with Crippen molar-refractivity contribution in [2.24, 2.45) is 30.7 Å². The number of aromatic hydroxyl groups is 1. The van der Waals surface area contributed by atoms with Crippen LogP contribution in [0.25, 0.3) is 10.8 Å². The van der Waals surface area contributed by atoms with Crippen LogP contribution in [0.3, 0.4) is 0 Å². The number of nitrogens with one attached hydrogen (secondary N) is 1. The molecule has 0 aliphatic rings. The minimum atomic E-state index is -4.85. The molecule has 0 saturated heterocycles. The monoisotopic (exact) mass is 670 g/mol. The second kappa shape index (κ2) is 14.0. The van der Waals surface area contributed by atoms with E-state index >= 15 is 0 Å². The van der Waals surface area contributed by atoms with Crippen LogP contribution >= 0.6 is 0 Å². The van der Waals surface area contributed by atoms with Crippen molar-refractivity contribution in [1.29, 1.82) is 0 Å². The number of carbonyl (C=O) groups excluding carboxylic acids is 1. The minimum Gasteiger partial charge on any atom is -0.505 e. The van der Waals surface area contributed by atoms with Crippen molar-refractivity contribution in [2.45, 2.75) is 4.90 Å². The van der Waals surface area contributed by atoms with Crippen molar-refractivity contribution in [3.8, 4) is 5.75 Å². The molecule has 0 fully saturated rings. The van der Waals surface area contributed by atoms with Crippen LogP contribution in [0.1, 0.15) is 10.4 Å². The molecule has 0 heterocycles. The Hall–Kier alpha value is -6.64. The normalized spacial score (nSPS) is 11.9. The van der Waals surface area contributed by atoms with Crippen LogP contribution in [0.2, 0.25) is 0 Å². The fraction of sp³-hybridized carbons (Fsp3) is 0. The highest BCUT2D eigenvalue weighted by Crippen LogP contribution is 2.42. The Morgan fingerprint density at radius 2 is 1.10 bits per heavy atom. The summed E-state index contributed by atoms with van der Waals surface area (Å²) in [6.45, 7) is 0. The maximum Gasteiger partial charge on any atom is 0.296 e. The maximum absolute atomic E-state index is 12.6. The van der Waals surface area contributed by atoms with Crippen LogP contribution in [-0.2, 0) is 10.1 Å². The van der Waals surface area contributed by atoms with Gasteiger partial charge in [0.1, 0.15) is 10.6 Å². The smallest absolute Gasteiger partial charge is 0.296 e. The minimum absolute atomic E-state index is 0.217. The predicted molar refractivity (Wildman–Crippen MR) is 186 cm³/mol. The van der Waals surface area contributed by atoms with Crippen LogP contribution in [0.4, 0.5) is 45.5 Å². The van der Waals surface area contributed by atoms with E-state index in [1.165, 1.54) is 18.2 Å². The Balaban J connectivity index is 1.17. The fourth-order valence-electron chi connectivity index (χ4n) is 4.57. The van der Waals surface area contributed by atoms with Gasteiger partial charge >= 0.3 is 0 Å². The number of hydrogen-bond donors (Lipinski definition) is 4. The summed E-state index contributed by atoms with van der Waals surface area (Å²) in [6.07, 6.45) is 0. The van der Waals surface area contributed by atoms with Gasteiger partial charge in [-0.3, -0.25) is 9.35 Å². The number of benzene rings is 6. The first-order chi connectivity index (χ1) is 23.6. The lowest BCUT2D eigenvalue weighted by Gasteiger charge is -2.11. The molecular weight excluding hydrogens is 645 g/mol. The molecule has 5 N–H and O–H groups in total. The van der Waals surface area contributed by atoms with Crippen molar-refractivity contribution < 1.29 is 22.9 Å². The molecule has 0 radical (unpaired) electrons. The SMILES string of the molecule is Nc1ccc(C(=O)Nc2ccc3c(O)c(N=Nc4ccc(N=Nc5ccc(N=Nc6ccccc6)cc5)cc4)c(S(=O)(=O)O)cc3c2)cc1. The summed E-state index contributed by atoms with van der Waals surface area (Å²) < 4.78 is 34.6. The topological polar surface area (TPSA) is 204 Å². The average Bonchev–Trinajstić information content (AvgIpc) is 3.10. The first kappa shape index (κ1) is 32.3. The summed E-state index contributed by atoms with van der Waals surface area (Å²) >= 11 is 0. The van der Waals surface area contributed by atoms with Gasteiger partial charge in [-0.1, -0.05) is 18.2 Å². The molecule has 14 heteroatoms. The molecule has 0 aliphatic heterocycles. The average molecular weight is 671 g/mol. The number of amides is 1. The van der Waals surface area contributed by atoms with E-state index in [-0.39, 0.29) is 10.8 Å². The summed E-state index contributed by atoms with van der Waals surface area (Å²) in [6, 6.07) is 34.8. The molecule has 6 aromatic carbocycles. The number of nitrogens with zero attached hydrogens (tertiary/aromatic N) is 6. The lowest BCUT2D eigenvalue weighted by atomic mass is 10.1. The molecule has 0 bridgehead atoms. The highest BCUT2D eigenvalue weighted by Gasteiger charge is 2.22. The second-order valence-electron chi connectivity index (χ2n) is 10.5. The Labute approximate surface area is 280 Å². The van der Waals surface area contributed by atoms with E-state index in [0.717, 1.165) is 11.8 Å². The zero-order valence-electron chi connectivity index (χ0n) is 25.4. The van der Waals surface area contributed by atoms with Crippen LogP contribution < -0.4 is 11.1 Å². The summed E-state index contributed by atoms with van der Waals surface area (Å²) in [5, 5.41) is 39.0. The van der Waals surface area contributed by atoms with Gasteiger partial charge in [-0.25, -0.2) is 0 Å². The molecule has 0 aromatic heterocycles. The number of phenols is 1. The van der Waals surface area contributed by atoms with Crippen molar-refractivity contribution in [3.05, 3.63) is 133 Å². The van der Waals surface area contributed by atoms with Gasteiger partial charge in [0.25, 0.3) is 16.0 Å². The number of nitrogens with two attached hydrogens (primary N) is 1. The molecule has 242 valence electrons. The Bertz CT molecular complexity index is 2350. The second-order valence-corrected chi connectivity index (χ2v) is 11.9. The first-order valence-corrected chi connectivity index (χ1v) is 16.0. The van der Waals surface area contributed by atoms with E-state index in [4.69, 9.17) is 5.73 Å². The Morgan fingerprint density at radius 1 is 0.612 bits per heavy atom. The number of hydrogen-bond acceptors (Lipinski definition) is 11. The highest BCUT2D eigenvalue weighted by molar-refractivity contribution is 7.86. The summed E-state index contributed by atoms with van der Waals surface area (Å²) in [5.41, 5.74) is 9.24. The van der Waals surface area contributed by atoms with Crippen LogP contribution in [0.15, 0.2) is 163 Å². The number of azo groups is 3. The van der Waals surface area contributed by atoms with Crippen molar-refractivity contribution in [2.75, 3.05) is 11.1 Å². The van der Waals surface area contributed by atoms with Crippen molar-refractivity contribution in [1.82, 2.24) is 0 Å². The quantitative estimate of drug-likeness (QED) is 0.0668. The molecule has 0 unspecified atom stereocenters. The molecule has 49 heavy (non-hydrogen) atoms. The number of rotatable bonds is 9. The van der Waals surface area contributed by atoms with Gasteiger partial charge in [0.15, 0.2) is 5.75 Å². The van der Waals surface area contributed by atoms with Gasteiger partial charge in [-0.15, -0.1) is 5.11 Å². The van der Waals surface area contributed by atoms with E-state index in [9.17, 15) is 22.9 Å². The Kier molecular flexibility index (Phi) is 9.23. The van der Waals surface area contributed by atoms with Crippen molar-refractivity contribution >= 4 is 72.3 Å². The standard InChI is InChI=1S/C35H26N8O5S/c36-24-8-6-22(7-9-24)35(45)37-30-18-19-31-23(20-30)21-32(49(46,47)48)33(34(31)44)43-42-29-16-14-28(15-17-29)41-40-27-12-10-26(11-13-27)39-38-25-4-2-1-3-5-25/h1-21,44H,36H2,(H,37,45)(H,46,47,48). The van der Waals surface area contributed by atoms with E-state index in [1.54, 1.807) is 72.8 Å². The summed E-state index contributed by atoms with van der Waals surface area (Å²) in [4.78, 5) is 12.0. The number of anilines is 2. The molecule has 1 amide bonds. The molecule has 13 nitrogen and oxygen atoms in total. The number of fused-ring (bicyclic) bond motifs is 1. The maximum atomic E-state index is 12.6. The number of phenolic OH excluding ortho intramolecular Hbond substituents is 1. The largest absolute Gasteiger partial charge is 0.505 e. The van der Waals surface area contributed by atoms with Gasteiger partial charge < -0.3 is 16.2 Å². The van der Waals surface area contributed by atoms with Gasteiger partial charge in [0.2, 0.25) is 0 Å². The lowest BCUT2D eigenvalue weighted by Crippen LogP contribution is -2.11. The molecule has 0 saturated carbocycles. The summed E-state index contributed by atoms with van der Waals surface area (Å²) in [5.74, 6) is -0.948. The zero-order valence-corrected chi connectivity index (χ0v) is 26.2. The molecule has 6 rings (SSSR count). The Morgan fingerprint density at radius 3 is 1.61 bits per heavy atom. The van der Waals surface area contributed by atoms with Crippen LogP contribution in [-0.4, -0.2) is 24.0 Å². The molecule has 0 spiro atoms. The third-order valence-corrected chi connectivity index (χ3v) is 7.91. The summed E-state index contributed by atoms with van der Waals surface area (Å²) in [7, 11) is -4.85. The van der Waals surface area contributed by atoms with E-state index < -0.39 is 32.4 Å². The third-order valence-electron chi connectivity index (χ3n) is 7.04. The van der Waals surface area contributed by atoms with Crippen LogP contribution in [0.5, 0.6) is 5.75 Å². The first-order valence-electron chi connectivity index (χ1n) is 14.6. The third kappa shape index (κ3) is 8.02. The van der Waals surface area contributed by atoms with E-state index in [0.29, 0.717) is 39.7 Å². The fourth-order valence-corrected chi connectivity index (χ4v) is 5.22. The van der Waals surface area contributed by atoms with Gasteiger partial charge in [0.05, 0.1) is 28.4 Å². The molecule has 0 aliphatic carbocycles. The van der Waals surface area contributed by atoms with Gasteiger partial charge in [-0.2, -0.15) is 34.0 Å². The molecular formula is C35H26N8O5S. The molecule has 6 aromatic rings. The molecule has 0 atom stereocenters. The van der Waals surface area contributed by atoms with E-state index in [2.05, 4.69) is 36.0 Å². The van der Waals surface area contributed by atoms with Gasteiger partial charge in [-0.05, 0) is 115 Å². The van der Waals surface area contributed by atoms with E-state index in [1.807, 2.05) is 30.3 Å². The van der Waals surface area contributed by atoms with Gasteiger partial charge in [0, 0.05) is 22.3 Å². The van der Waals surface area contributed by atoms with Crippen LogP contribution in [0, 0.1) is 0 Å².